The van der Waals surface area contributed by atoms with E-state index in [1.54, 1.807) is 19.1 Å². The molecule has 12 nitrogen and oxygen atoms in total. The molecule has 176 valence electrons. The Labute approximate surface area is 196 Å². The summed E-state index contributed by atoms with van der Waals surface area (Å²) < 4.78 is 38.4. The number of aliphatic hydroxyl groups is 2. The first-order valence-corrected chi connectivity index (χ1v) is 11.8. The van der Waals surface area contributed by atoms with E-state index in [-0.39, 0.29) is 31.9 Å². The van der Waals surface area contributed by atoms with Gasteiger partial charge in [-0.05, 0) is 35.0 Å². The summed E-state index contributed by atoms with van der Waals surface area (Å²) in [5.41, 5.74) is 12.3. The molecule has 33 heavy (non-hydrogen) atoms. The van der Waals surface area contributed by atoms with Gasteiger partial charge in [-0.1, -0.05) is 17.7 Å². The van der Waals surface area contributed by atoms with Gasteiger partial charge in [0.05, 0.1) is 22.5 Å². The van der Waals surface area contributed by atoms with E-state index in [1.807, 2.05) is 0 Å². The molecule has 1 aliphatic rings. The fourth-order valence-corrected chi connectivity index (χ4v) is 5.52. The van der Waals surface area contributed by atoms with Gasteiger partial charge in [0.1, 0.15) is 34.6 Å². The predicted molar refractivity (Wildman–Crippen MR) is 118 cm³/mol. The quantitative estimate of drug-likeness (QED) is 0.313. The molecule has 4 rings (SSSR count). The standard InChI is InChI=1S/C19H20BrN5O7S/c1-8-2-4-9(5-3-8)33(29,30)32-14-13(27)10(6-26)31-19(14)25-15(20)11(17(22)28)12-16(21)23-7-24-18(12)25/h2-5,7,10,13-14,19,26-27H,6H2,1H3,(H2,22,28)(H2,21,23,24). The topological polar surface area (TPSA) is 193 Å². The number of primary amides is 1. The normalized spacial score (nSPS) is 23.3. The lowest BCUT2D eigenvalue weighted by Gasteiger charge is -2.23. The van der Waals surface area contributed by atoms with Gasteiger partial charge < -0.3 is 26.4 Å². The van der Waals surface area contributed by atoms with E-state index in [2.05, 4.69) is 25.9 Å². The number of hydrogen-bond acceptors (Lipinski definition) is 10. The van der Waals surface area contributed by atoms with Crippen LogP contribution in [0, 0.1) is 6.92 Å². The number of nitrogens with zero attached hydrogens (tertiary/aromatic N) is 3. The molecule has 0 aliphatic carbocycles. The molecule has 1 saturated heterocycles. The number of aryl methyl sites for hydroxylation is 1. The summed E-state index contributed by atoms with van der Waals surface area (Å²) in [5.74, 6) is -0.899. The SMILES string of the molecule is Cc1ccc(S(=O)(=O)OC2C(O)C(CO)OC2n2c(Br)c(C(N)=O)c3c(N)ncnc32)cc1. The molecule has 0 bridgehead atoms. The number of benzene rings is 1. The van der Waals surface area contributed by atoms with Crippen LogP contribution in [-0.4, -0.2) is 64.0 Å². The Morgan fingerprint density at radius 2 is 1.97 bits per heavy atom. The number of halogens is 1. The highest BCUT2D eigenvalue weighted by Crippen LogP contribution is 2.41. The Hall–Kier alpha value is -2.62. The second-order valence-corrected chi connectivity index (χ2v) is 9.75. The average molecular weight is 542 g/mol. The van der Waals surface area contributed by atoms with Crippen LogP contribution in [-0.2, 0) is 19.0 Å². The second-order valence-electron chi connectivity index (χ2n) is 7.42. The highest BCUT2D eigenvalue weighted by atomic mass is 79.9. The third kappa shape index (κ3) is 3.98. The van der Waals surface area contributed by atoms with Crippen LogP contribution in [0.4, 0.5) is 5.82 Å². The molecule has 1 aromatic carbocycles. The maximum atomic E-state index is 12.9. The van der Waals surface area contributed by atoms with Crippen LogP contribution in [0.5, 0.6) is 0 Å². The van der Waals surface area contributed by atoms with Gasteiger partial charge in [0.25, 0.3) is 16.0 Å². The number of rotatable bonds is 6. The van der Waals surface area contributed by atoms with Gasteiger partial charge >= 0.3 is 0 Å². The number of nitrogens with two attached hydrogens (primary N) is 2. The largest absolute Gasteiger partial charge is 0.394 e. The predicted octanol–water partition coefficient (Wildman–Crippen LogP) is 0.208. The Morgan fingerprint density at radius 3 is 2.58 bits per heavy atom. The molecule has 3 heterocycles. The summed E-state index contributed by atoms with van der Waals surface area (Å²) in [6, 6.07) is 5.93. The maximum absolute atomic E-state index is 12.9. The van der Waals surface area contributed by atoms with Crippen LogP contribution >= 0.6 is 15.9 Å². The fraction of sp³-hybridized carbons (Fsp3) is 0.316. The van der Waals surface area contributed by atoms with E-state index in [4.69, 9.17) is 20.4 Å². The first kappa shape index (κ1) is 23.5. The fourth-order valence-electron chi connectivity index (χ4n) is 3.67. The molecule has 1 fully saturated rings. The van der Waals surface area contributed by atoms with Crippen molar-refractivity contribution in [1.82, 2.24) is 14.5 Å². The van der Waals surface area contributed by atoms with Crippen molar-refractivity contribution >= 4 is 48.8 Å². The Morgan fingerprint density at radius 1 is 1.30 bits per heavy atom. The van der Waals surface area contributed by atoms with Crippen LogP contribution in [0.15, 0.2) is 40.1 Å². The Kier molecular flexibility index (Phi) is 6.15. The number of aliphatic hydroxyl groups excluding tert-OH is 2. The van der Waals surface area contributed by atoms with Gasteiger partial charge in [0.2, 0.25) is 0 Å². The summed E-state index contributed by atoms with van der Waals surface area (Å²) >= 11 is 3.27. The third-order valence-electron chi connectivity index (χ3n) is 5.29. The van der Waals surface area contributed by atoms with Crippen LogP contribution < -0.4 is 11.5 Å². The number of fused-ring (bicyclic) bond motifs is 1. The van der Waals surface area contributed by atoms with E-state index in [0.29, 0.717) is 0 Å². The lowest BCUT2D eigenvalue weighted by molar-refractivity contribution is -0.0490. The molecule has 14 heteroatoms. The zero-order chi connectivity index (χ0) is 24.1. The van der Waals surface area contributed by atoms with Crippen molar-refractivity contribution < 1.29 is 32.3 Å². The highest BCUT2D eigenvalue weighted by Gasteiger charge is 2.49. The van der Waals surface area contributed by atoms with Crippen LogP contribution in [0.3, 0.4) is 0 Å². The summed E-state index contributed by atoms with van der Waals surface area (Å²) in [7, 11) is -4.35. The minimum Gasteiger partial charge on any atom is -0.394 e. The Bertz CT molecular complexity index is 1330. The molecular formula is C19H20BrN5O7S. The van der Waals surface area contributed by atoms with Crippen LogP contribution in [0.1, 0.15) is 22.1 Å². The molecule has 1 amide bonds. The molecular weight excluding hydrogens is 522 g/mol. The molecule has 3 aromatic rings. The zero-order valence-electron chi connectivity index (χ0n) is 17.1. The molecule has 0 saturated carbocycles. The van der Waals surface area contributed by atoms with Crippen molar-refractivity contribution in [2.75, 3.05) is 12.3 Å². The zero-order valence-corrected chi connectivity index (χ0v) is 19.5. The Balaban J connectivity index is 1.85. The maximum Gasteiger partial charge on any atom is 0.297 e. The smallest absolute Gasteiger partial charge is 0.297 e. The van der Waals surface area contributed by atoms with Gasteiger partial charge in [0, 0.05) is 0 Å². The summed E-state index contributed by atoms with van der Waals surface area (Å²) in [4.78, 5) is 20.0. The number of amides is 1. The van der Waals surface area contributed by atoms with Gasteiger partial charge in [-0.25, -0.2) is 9.97 Å². The third-order valence-corrected chi connectivity index (χ3v) is 7.40. The lowest BCUT2D eigenvalue weighted by atomic mass is 10.1. The van der Waals surface area contributed by atoms with Crippen molar-refractivity contribution in [3.63, 3.8) is 0 Å². The number of ether oxygens (including phenoxy) is 1. The van der Waals surface area contributed by atoms with E-state index in [9.17, 15) is 23.4 Å². The molecule has 1 aliphatic heterocycles. The minimum absolute atomic E-state index is 0.0461. The number of aromatic nitrogens is 3. The summed E-state index contributed by atoms with van der Waals surface area (Å²) in [6.45, 7) is 1.17. The van der Waals surface area contributed by atoms with Crippen molar-refractivity contribution in [1.29, 1.82) is 0 Å². The van der Waals surface area contributed by atoms with Crippen molar-refractivity contribution in [3.05, 3.63) is 46.3 Å². The first-order valence-electron chi connectivity index (χ1n) is 9.60. The molecule has 0 spiro atoms. The van der Waals surface area contributed by atoms with E-state index in [1.165, 1.54) is 16.7 Å². The van der Waals surface area contributed by atoms with E-state index >= 15 is 0 Å². The number of anilines is 1. The van der Waals surface area contributed by atoms with Crippen molar-refractivity contribution in [3.8, 4) is 0 Å². The highest BCUT2D eigenvalue weighted by molar-refractivity contribution is 9.10. The van der Waals surface area contributed by atoms with E-state index in [0.717, 1.165) is 11.9 Å². The first-order chi connectivity index (χ1) is 15.6. The minimum atomic E-state index is -4.35. The number of carbonyl (C=O) groups is 1. The van der Waals surface area contributed by atoms with Gasteiger partial charge in [-0.2, -0.15) is 8.42 Å². The van der Waals surface area contributed by atoms with Gasteiger partial charge in [0.15, 0.2) is 12.3 Å². The molecule has 6 N–H and O–H groups in total. The van der Waals surface area contributed by atoms with Gasteiger partial charge in [-0.15, -0.1) is 0 Å². The monoisotopic (exact) mass is 541 g/mol. The van der Waals surface area contributed by atoms with Crippen LogP contribution in [0.25, 0.3) is 11.0 Å². The molecule has 4 unspecified atom stereocenters. The van der Waals surface area contributed by atoms with Gasteiger partial charge in [-0.3, -0.25) is 13.5 Å². The molecule has 4 atom stereocenters. The number of hydrogen-bond donors (Lipinski definition) is 4. The van der Waals surface area contributed by atoms with E-state index < -0.39 is 47.2 Å². The number of nitrogen functional groups attached to an aromatic ring is 1. The van der Waals surface area contributed by atoms with Crippen molar-refractivity contribution in [2.24, 2.45) is 5.73 Å². The second kappa shape index (κ2) is 8.62. The summed E-state index contributed by atoms with van der Waals surface area (Å²) in [5, 5.41) is 20.5. The van der Waals surface area contributed by atoms with Crippen LogP contribution in [0.2, 0.25) is 0 Å². The number of carbonyl (C=O) groups excluding carboxylic acids is 1. The lowest BCUT2D eigenvalue weighted by Crippen LogP contribution is -2.37. The molecule has 0 radical (unpaired) electrons. The van der Waals surface area contributed by atoms with Crippen molar-refractivity contribution in [2.45, 2.75) is 36.4 Å². The summed E-state index contributed by atoms with van der Waals surface area (Å²) in [6.07, 6.45) is -4.44. The average Bonchev–Trinajstić information content (AvgIpc) is 3.22. The molecule has 2 aromatic heterocycles.